The van der Waals surface area contributed by atoms with Crippen molar-refractivity contribution in [2.75, 3.05) is 13.7 Å². The van der Waals surface area contributed by atoms with E-state index in [0.717, 1.165) is 29.4 Å². The standard InChI is InChI=1S/C15H17N3O3/c1-19-8-4-6-12(16)15-17-14(18-21-15)11-9-20-13-7-3-2-5-10(11)13/h2-3,5,7,9,12H,4,6,8,16H2,1H3. The lowest BCUT2D eigenvalue weighted by Crippen LogP contribution is -2.11. The van der Waals surface area contributed by atoms with Crippen LogP contribution in [-0.4, -0.2) is 23.9 Å². The van der Waals surface area contributed by atoms with E-state index in [0.29, 0.717) is 18.3 Å². The molecule has 0 radical (unpaired) electrons. The minimum absolute atomic E-state index is 0.278. The fraction of sp³-hybridized carbons (Fsp3) is 0.333. The Balaban J connectivity index is 1.81. The molecule has 6 nitrogen and oxygen atoms in total. The summed E-state index contributed by atoms with van der Waals surface area (Å²) in [6.07, 6.45) is 3.22. The number of fused-ring (bicyclic) bond motifs is 1. The summed E-state index contributed by atoms with van der Waals surface area (Å²) in [6, 6.07) is 7.44. The largest absolute Gasteiger partial charge is 0.464 e. The van der Waals surface area contributed by atoms with Gasteiger partial charge in [0.1, 0.15) is 11.8 Å². The molecule has 1 atom stereocenters. The van der Waals surface area contributed by atoms with E-state index >= 15 is 0 Å². The maximum Gasteiger partial charge on any atom is 0.243 e. The van der Waals surface area contributed by atoms with Gasteiger partial charge in [0, 0.05) is 19.1 Å². The minimum Gasteiger partial charge on any atom is -0.464 e. The van der Waals surface area contributed by atoms with Crippen LogP contribution in [0, 0.1) is 0 Å². The van der Waals surface area contributed by atoms with Crippen molar-refractivity contribution in [3.8, 4) is 11.4 Å². The summed E-state index contributed by atoms with van der Waals surface area (Å²) >= 11 is 0. The van der Waals surface area contributed by atoms with Crippen molar-refractivity contribution in [2.24, 2.45) is 5.73 Å². The highest BCUT2D eigenvalue weighted by Gasteiger charge is 2.18. The van der Waals surface area contributed by atoms with Gasteiger partial charge < -0.3 is 19.4 Å². The Bertz CT molecular complexity index is 720. The molecule has 1 aromatic carbocycles. The average molecular weight is 287 g/mol. The van der Waals surface area contributed by atoms with Crippen LogP contribution in [0.4, 0.5) is 0 Å². The molecule has 3 aromatic rings. The Labute approximate surface area is 121 Å². The van der Waals surface area contributed by atoms with Gasteiger partial charge in [0.15, 0.2) is 0 Å². The lowest BCUT2D eigenvalue weighted by molar-refractivity contribution is 0.188. The summed E-state index contributed by atoms with van der Waals surface area (Å²) in [5.41, 5.74) is 7.64. The molecule has 0 bridgehead atoms. The fourth-order valence-corrected chi connectivity index (χ4v) is 2.22. The van der Waals surface area contributed by atoms with Crippen molar-refractivity contribution in [2.45, 2.75) is 18.9 Å². The van der Waals surface area contributed by atoms with E-state index < -0.39 is 0 Å². The topological polar surface area (TPSA) is 87.3 Å². The second-order valence-corrected chi connectivity index (χ2v) is 4.84. The second kappa shape index (κ2) is 6.07. The molecule has 0 spiro atoms. The van der Waals surface area contributed by atoms with Crippen LogP contribution >= 0.6 is 0 Å². The lowest BCUT2D eigenvalue weighted by atomic mass is 10.1. The van der Waals surface area contributed by atoms with Crippen molar-refractivity contribution in [3.05, 3.63) is 36.4 Å². The second-order valence-electron chi connectivity index (χ2n) is 4.84. The van der Waals surface area contributed by atoms with Crippen LogP contribution in [0.5, 0.6) is 0 Å². The van der Waals surface area contributed by atoms with E-state index in [9.17, 15) is 0 Å². The third-order valence-corrected chi connectivity index (χ3v) is 3.34. The zero-order valence-electron chi connectivity index (χ0n) is 11.8. The van der Waals surface area contributed by atoms with Gasteiger partial charge in [-0.25, -0.2) is 0 Å². The van der Waals surface area contributed by atoms with Crippen LogP contribution in [-0.2, 0) is 4.74 Å². The number of nitrogens with zero attached hydrogens (tertiary/aromatic N) is 2. The molecule has 0 fully saturated rings. The lowest BCUT2D eigenvalue weighted by Gasteiger charge is -2.04. The van der Waals surface area contributed by atoms with Crippen LogP contribution in [0.1, 0.15) is 24.8 Å². The van der Waals surface area contributed by atoms with Gasteiger partial charge >= 0.3 is 0 Å². The predicted octanol–water partition coefficient (Wildman–Crippen LogP) is 2.91. The first-order valence-corrected chi connectivity index (χ1v) is 6.84. The van der Waals surface area contributed by atoms with Gasteiger partial charge in [-0.1, -0.05) is 23.4 Å². The van der Waals surface area contributed by atoms with Crippen molar-refractivity contribution < 1.29 is 13.7 Å². The van der Waals surface area contributed by atoms with Crippen molar-refractivity contribution in [1.82, 2.24) is 10.1 Å². The maximum atomic E-state index is 6.04. The number of ether oxygens (including phenoxy) is 1. The first kappa shape index (κ1) is 13.8. The number of nitrogens with two attached hydrogens (primary N) is 1. The number of methoxy groups -OCH3 is 1. The molecule has 1 unspecified atom stereocenters. The first-order valence-electron chi connectivity index (χ1n) is 6.84. The van der Waals surface area contributed by atoms with Crippen LogP contribution < -0.4 is 5.73 Å². The summed E-state index contributed by atoms with van der Waals surface area (Å²) in [5.74, 6) is 0.934. The minimum atomic E-state index is -0.278. The Morgan fingerprint density at radius 2 is 2.19 bits per heavy atom. The van der Waals surface area contributed by atoms with Gasteiger partial charge in [-0.3, -0.25) is 0 Å². The number of rotatable bonds is 6. The molecule has 110 valence electrons. The maximum absolute atomic E-state index is 6.04. The quantitative estimate of drug-likeness (QED) is 0.701. The molecule has 2 heterocycles. The number of para-hydroxylation sites is 1. The van der Waals surface area contributed by atoms with Crippen molar-refractivity contribution in [1.29, 1.82) is 0 Å². The number of hydrogen-bond donors (Lipinski definition) is 1. The Hall–Kier alpha value is -2.18. The van der Waals surface area contributed by atoms with E-state index in [2.05, 4.69) is 10.1 Å². The van der Waals surface area contributed by atoms with Crippen LogP contribution in [0.15, 0.2) is 39.5 Å². The molecule has 0 aliphatic carbocycles. The van der Waals surface area contributed by atoms with Gasteiger partial charge in [-0.05, 0) is 18.9 Å². The molecule has 0 amide bonds. The van der Waals surface area contributed by atoms with Crippen molar-refractivity contribution >= 4 is 11.0 Å². The molecule has 0 saturated heterocycles. The molecule has 0 saturated carbocycles. The third kappa shape index (κ3) is 2.81. The van der Waals surface area contributed by atoms with Crippen LogP contribution in [0.25, 0.3) is 22.4 Å². The molecule has 3 rings (SSSR count). The van der Waals surface area contributed by atoms with Crippen LogP contribution in [0.2, 0.25) is 0 Å². The molecule has 0 aliphatic heterocycles. The van der Waals surface area contributed by atoms with E-state index in [4.69, 9.17) is 19.4 Å². The molecule has 6 heteroatoms. The molecule has 2 N–H and O–H groups in total. The molecule has 2 aromatic heterocycles. The van der Waals surface area contributed by atoms with Crippen molar-refractivity contribution in [3.63, 3.8) is 0 Å². The van der Waals surface area contributed by atoms with Gasteiger partial charge in [0.2, 0.25) is 11.7 Å². The van der Waals surface area contributed by atoms with E-state index in [-0.39, 0.29) is 6.04 Å². The first-order chi connectivity index (χ1) is 10.3. The number of hydrogen-bond acceptors (Lipinski definition) is 6. The van der Waals surface area contributed by atoms with Gasteiger partial charge in [-0.15, -0.1) is 0 Å². The summed E-state index contributed by atoms with van der Waals surface area (Å²) in [4.78, 5) is 4.38. The molecule has 21 heavy (non-hydrogen) atoms. The van der Waals surface area contributed by atoms with E-state index in [1.165, 1.54) is 0 Å². The number of benzene rings is 1. The highest BCUT2D eigenvalue weighted by atomic mass is 16.5. The highest BCUT2D eigenvalue weighted by Crippen LogP contribution is 2.29. The summed E-state index contributed by atoms with van der Waals surface area (Å²) in [5, 5.41) is 4.96. The fourth-order valence-electron chi connectivity index (χ4n) is 2.22. The van der Waals surface area contributed by atoms with Gasteiger partial charge in [0.05, 0.1) is 11.6 Å². The Kier molecular flexibility index (Phi) is 3.98. The smallest absolute Gasteiger partial charge is 0.243 e. The third-order valence-electron chi connectivity index (χ3n) is 3.34. The zero-order chi connectivity index (χ0) is 14.7. The van der Waals surface area contributed by atoms with Gasteiger partial charge in [0.25, 0.3) is 0 Å². The summed E-state index contributed by atoms with van der Waals surface area (Å²) in [6.45, 7) is 0.668. The molecule has 0 aliphatic rings. The number of aromatic nitrogens is 2. The Morgan fingerprint density at radius 3 is 3.05 bits per heavy atom. The SMILES string of the molecule is COCCCC(N)c1nc(-c2coc3ccccc23)no1. The summed E-state index contributed by atoms with van der Waals surface area (Å²) in [7, 11) is 1.67. The normalized spacial score (nSPS) is 12.9. The van der Waals surface area contributed by atoms with Gasteiger partial charge in [-0.2, -0.15) is 4.98 Å². The Morgan fingerprint density at radius 1 is 1.33 bits per heavy atom. The van der Waals surface area contributed by atoms with Crippen LogP contribution in [0.3, 0.4) is 0 Å². The van der Waals surface area contributed by atoms with E-state index in [1.54, 1.807) is 13.4 Å². The number of furan rings is 1. The van der Waals surface area contributed by atoms with E-state index in [1.807, 2.05) is 24.3 Å². The zero-order valence-corrected chi connectivity index (χ0v) is 11.8. The molecular weight excluding hydrogens is 270 g/mol. The molecular formula is C15H17N3O3. The highest BCUT2D eigenvalue weighted by molar-refractivity contribution is 5.91. The monoisotopic (exact) mass is 287 g/mol. The predicted molar refractivity (Wildman–Crippen MR) is 77.5 cm³/mol. The summed E-state index contributed by atoms with van der Waals surface area (Å²) < 4.78 is 15.8. The average Bonchev–Trinajstić information content (AvgIpc) is 3.13.